The van der Waals surface area contributed by atoms with Crippen molar-refractivity contribution in [1.29, 1.82) is 0 Å². The van der Waals surface area contributed by atoms with Gasteiger partial charge in [-0.1, -0.05) is 60.7 Å². The van der Waals surface area contributed by atoms with Crippen molar-refractivity contribution in [3.05, 3.63) is 95.6 Å². The molecule has 0 bridgehead atoms. The van der Waals surface area contributed by atoms with Gasteiger partial charge in [-0.25, -0.2) is 9.00 Å². The van der Waals surface area contributed by atoms with E-state index in [9.17, 15) is 18.4 Å². The number of hydrogen-bond donors (Lipinski definition) is 2. The lowest BCUT2D eigenvalue weighted by Gasteiger charge is -2.29. The van der Waals surface area contributed by atoms with E-state index in [1.54, 1.807) is 62.6 Å². The molecular formula is C27H30N2O6S. The molecule has 0 radical (unpaired) electrons. The number of amides is 1. The lowest BCUT2D eigenvalue weighted by atomic mass is 10.1. The molecular weight excluding hydrogens is 480 g/mol. The summed E-state index contributed by atoms with van der Waals surface area (Å²) >= 11 is -2.47. The van der Waals surface area contributed by atoms with Gasteiger partial charge in [0.15, 0.2) is 0 Å². The number of anilines is 1. The van der Waals surface area contributed by atoms with Gasteiger partial charge in [-0.15, -0.1) is 0 Å². The maximum Gasteiger partial charge on any atom is 0.329 e. The molecule has 0 spiro atoms. The molecule has 2 N–H and O–H groups in total. The maximum absolute atomic E-state index is 13.2. The van der Waals surface area contributed by atoms with Crippen LogP contribution in [-0.2, 0) is 38.6 Å². The third-order valence-electron chi connectivity index (χ3n) is 5.68. The number of methoxy groups -OCH3 is 1. The van der Waals surface area contributed by atoms with E-state index in [1.165, 1.54) is 6.92 Å². The molecule has 0 saturated heterocycles. The van der Waals surface area contributed by atoms with Gasteiger partial charge in [0.05, 0.1) is 12.8 Å². The molecule has 0 aliphatic heterocycles. The van der Waals surface area contributed by atoms with Gasteiger partial charge in [0, 0.05) is 6.42 Å². The number of para-hydroxylation sites is 1. The van der Waals surface area contributed by atoms with E-state index in [4.69, 9.17) is 9.47 Å². The van der Waals surface area contributed by atoms with Crippen LogP contribution in [0.4, 0.5) is 5.69 Å². The molecule has 1 unspecified atom stereocenters. The van der Waals surface area contributed by atoms with E-state index in [0.717, 1.165) is 21.0 Å². The zero-order chi connectivity index (χ0) is 26.1. The van der Waals surface area contributed by atoms with E-state index in [-0.39, 0.29) is 13.0 Å². The molecule has 0 aliphatic rings. The highest BCUT2D eigenvalue weighted by Crippen LogP contribution is 2.23. The summed E-state index contributed by atoms with van der Waals surface area (Å²) in [6, 6.07) is 21.3. The molecule has 0 fully saturated rings. The highest BCUT2D eigenvalue weighted by Gasteiger charge is 2.31. The van der Waals surface area contributed by atoms with Gasteiger partial charge >= 0.3 is 5.97 Å². The predicted molar refractivity (Wildman–Crippen MR) is 139 cm³/mol. The molecule has 8 nitrogen and oxygen atoms in total. The maximum atomic E-state index is 13.2. The van der Waals surface area contributed by atoms with Crippen molar-refractivity contribution in [2.45, 2.75) is 39.0 Å². The number of esters is 1. The largest absolute Gasteiger partial charge is 0.497 e. The molecule has 36 heavy (non-hydrogen) atoms. The first-order chi connectivity index (χ1) is 17.3. The molecule has 3 rings (SSSR count). The molecule has 190 valence electrons. The summed E-state index contributed by atoms with van der Waals surface area (Å²) in [6.07, 6.45) is 0.169. The second-order valence-corrected chi connectivity index (χ2v) is 9.08. The summed E-state index contributed by atoms with van der Waals surface area (Å²) in [7, 11) is 1.56. The van der Waals surface area contributed by atoms with Gasteiger partial charge in [-0.05, 0) is 48.7 Å². The molecule has 0 saturated carbocycles. The Labute approximate surface area is 213 Å². The normalized spacial score (nSPS) is 13.2. The Kier molecular flexibility index (Phi) is 9.61. The fourth-order valence-corrected chi connectivity index (χ4v) is 4.40. The molecule has 3 atom stereocenters. The summed E-state index contributed by atoms with van der Waals surface area (Å²) in [5.74, 6) is -0.530. The lowest BCUT2D eigenvalue weighted by Crippen LogP contribution is -2.52. The van der Waals surface area contributed by atoms with Crippen LogP contribution >= 0.6 is 0 Å². The first-order valence-corrected chi connectivity index (χ1v) is 12.5. The van der Waals surface area contributed by atoms with Crippen LogP contribution in [0.15, 0.2) is 78.9 Å². The standard InChI is InChI=1S/C27H30N2O6S/c1-19-9-7-8-12-25(19)29(36(32)33)20(2)26(30)28-24(17-21-13-15-23(34-3)16-14-21)27(31)35-18-22-10-5-4-6-11-22/h4-16,20,24H,17-18H2,1-3H3,(H,28,30)(H,32,33)/t20-,24-/m0/s1. The topological polar surface area (TPSA) is 105 Å². The average Bonchev–Trinajstić information content (AvgIpc) is 2.88. The van der Waals surface area contributed by atoms with Crippen LogP contribution in [0.3, 0.4) is 0 Å². The summed E-state index contributed by atoms with van der Waals surface area (Å²) < 4.78 is 33.9. The monoisotopic (exact) mass is 510 g/mol. The van der Waals surface area contributed by atoms with Crippen molar-refractivity contribution in [2.75, 3.05) is 11.4 Å². The predicted octanol–water partition coefficient (Wildman–Crippen LogP) is 3.81. The second kappa shape index (κ2) is 12.9. The fraction of sp³-hybridized carbons (Fsp3) is 0.259. The fourth-order valence-electron chi connectivity index (χ4n) is 3.66. The molecule has 3 aromatic rings. The summed E-state index contributed by atoms with van der Waals surface area (Å²) in [6.45, 7) is 3.35. The van der Waals surface area contributed by atoms with Crippen molar-refractivity contribution >= 4 is 28.8 Å². The number of ether oxygens (including phenoxy) is 2. The van der Waals surface area contributed by atoms with Crippen LogP contribution in [0.2, 0.25) is 0 Å². The minimum atomic E-state index is -2.47. The van der Waals surface area contributed by atoms with Crippen molar-refractivity contribution < 1.29 is 27.8 Å². The number of benzene rings is 3. The van der Waals surface area contributed by atoms with Crippen molar-refractivity contribution in [3.8, 4) is 5.75 Å². The van der Waals surface area contributed by atoms with Crippen LogP contribution in [0.5, 0.6) is 5.75 Å². The van der Waals surface area contributed by atoms with Gasteiger partial charge in [0.2, 0.25) is 5.91 Å². The van der Waals surface area contributed by atoms with Crippen LogP contribution in [-0.4, -0.2) is 39.8 Å². The van der Waals surface area contributed by atoms with Gasteiger partial charge in [-0.2, -0.15) is 0 Å². The van der Waals surface area contributed by atoms with Crippen molar-refractivity contribution in [1.82, 2.24) is 5.32 Å². The highest BCUT2D eigenvalue weighted by molar-refractivity contribution is 7.80. The molecule has 3 aromatic carbocycles. The molecule has 1 amide bonds. The molecule has 9 heteroatoms. The molecule has 0 heterocycles. The van der Waals surface area contributed by atoms with E-state index in [1.807, 2.05) is 30.3 Å². The number of nitrogens with one attached hydrogen (secondary N) is 1. The third kappa shape index (κ3) is 7.16. The van der Waals surface area contributed by atoms with E-state index < -0.39 is 35.2 Å². The first-order valence-electron chi connectivity index (χ1n) is 11.4. The zero-order valence-corrected chi connectivity index (χ0v) is 21.2. The zero-order valence-electron chi connectivity index (χ0n) is 20.4. The van der Waals surface area contributed by atoms with Crippen LogP contribution in [0.25, 0.3) is 0 Å². The van der Waals surface area contributed by atoms with Gasteiger partial charge in [-0.3, -0.25) is 13.7 Å². The highest BCUT2D eigenvalue weighted by atomic mass is 32.2. The Morgan fingerprint density at radius 3 is 2.22 bits per heavy atom. The van der Waals surface area contributed by atoms with Crippen LogP contribution in [0.1, 0.15) is 23.6 Å². The van der Waals surface area contributed by atoms with Crippen LogP contribution < -0.4 is 14.4 Å². The van der Waals surface area contributed by atoms with Gasteiger partial charge < -0.3 is 14.8 Å². The Bertz CT molecular complexity index is 1190. The van der Waals surface area contributed by atoms with Crippen molar-refractivity contribution in [2.24, 2.45) is 0 Å². The third-order valence-corrected chi connectivity index (χ3v) is 6.53. The van der Waals surface area contributed by atoms with Crippen LogP contribution in [0, 0.1) is 6.92 Å². The van der Waals surface area contributed by atoms with Gasteiger partial charge in [0.25, 0.3) is 11.3 Å². The Balaban J connectivity index is 1.80. The smallest absolute Gasteiger partial charge is 0.329 e. The quantitative estimate of drug-likeness (QED) is 0.300. The summed E-state index contributed by atoms with van der Waals surface area (Å²) in [5.41, 5.74) is 2.78. The number of hydrogen-bond acceptors (Lipinski definition) is 5. The number of rotatable bonds is 11. The average molecular weight is 511 g/mol. The summed E-state index contributed by atoms with van der Waals surface area (Å²) in [4.78, 5) is 26.3. The molecule has 0 aliphatic carbocycles. The summed E-state index contributed by atoms with van der Waals surface area (Å²) in [5, 5.41) is 2.72. The SMILES string of the molecule is COc1ccc(C[C@H](NC(=O)[C@H](C)N(c2ccccc2C)S(=O)O)C(=O)OCc2ccccc2)cc1. The number of nitrogens with zero attached hydrogens (tertiary/aromatic N) is 1. The molecule has 0 aromatic heterocycles. The Hall–Kier alpha value is -3.69. The lowest BCUT2D eigenvalue weighted by molar-refractivity contribution is -0.149. The van der Waals surface area contributed by atoms with E-state index >= 15 is 0 Å². The number of aryl methyl sites for hydroxylation is 1. The van der Waals surface area contributed by atoms with Gasteiger partial charge in [0.1, 0.15) is 24.4 Å². The minimum Gasteiger partial charge on any atom is -0.497 e. The number of carbonyl (C=O) groups is 2. The number of carbonyl (C=O) groups excluding carboxylic acids is 2. The Morgan fingerprint density at radius 2 is 1.61 bits per heavy atom. The Morgan fingerprint density at radius 1 is 0.972 bits per heavy atom. The van der Waals surface area contributed by atoms with Crippen molar-refractivity contribution in [3.63, 3.8) is 0 Å². The van der Waals surface area contributed by atoms with E-state index in [0.29, 0.717) is 11.4 Å². The first kappa shape index (κ1) is 26.9. The minimum absolute atomic E-state index is 0.0558. The second-order valence-electron chi connectivity index (χ2n) is 8.23. The van der Waals surface area contributed by atoms with E-state index in [2.05, 4.69) is 5.32 Å².